The van der Waals surface area contributed by atoms with Crippen molar-refractivity contribution in [3.8, 4) is 5.75 Å². The molecular formula is C21H28N2O6S. The van der Waals surface area contributed by atoms with Crippen molar-refractivity contribution in [2.45, 2.75) is 51.5 Å². The van der Waals surface area contributed by atoms with E-state index in [9.17, 15) is 13.2 Å². The van der Waals surface area contributed by atoms with Crippen LogP contribution in [0.1, 0.15) is 52.4 Å². The van der Waals surface area contributed by atoms with Crippen LogP contribution in [0.5, 0.6) is 5.75 Å². The zero-order valence-electron chi connectivity index (χ0n) is 17.8. The maximum atomic E-state index is 11.8. The molecule has 0 aliphatic carbocycles. The van der Waals surface area contributed by atoms with Crippen LogP contribution in [-0.2, 0) is 20.3 Å². The Morgan fingerprint density at radius 2 is 1.77 bits per heavy atom. The molecule has 30 heavy (non-hydrogen) atoms. The Hall–Kier alpha value is -2.65. The van der Waals surface area contributed by atoms with Gasteiger partial charge in [-0.1, -0.05) is 46.8 Å². The smallest absolute Gasteiger partial charge is 0.328 e. The van der Waals surface area contributed by atoms with E-state index in [4.69, 9.17) is 13.7 Å². The second-order valence-corrected chi connectivity index (χ2v) is 10.2. The van der Waals surface area contributed by atoms with Crippen molar-refractivity contribution >= 4 is 22.2 Å². The Balaban J connectivity index is 1.85. The maximum absolute atomic E-state index is 11.8. The lowest BCUT2D eigenvalue weighted by Gasteiger charge is -2.33. The molecule has 0 aliphatic rings. The number of carbonyl (C=O) groups is 1. The van der Waals surface area contributed by atoms with Crippen LogP contribution >= 0.6 is 0 Å². The summed E-state index contributed by atoms with van der Waals surface area (Å²) >= 11 is 0. The summed E-state index contributed by atoms with van der Waals surface area (Å²) in [6.45, 7) is 10.8. The fourth-order valence-corrected chi connectivity index (χ4v) is 3.76. The molecule has 0 atom stereocenters. The minimum absolute atomic E-state index is 0.0178. The van der Waals surface area contributed by atoms with Crippen LogP contribution in [-0.4, -0.2) is 31.7 Å². The molecule has 164 valence electrons. The maximum Gasteiger partial charge on any atom is 0.328 e. The third kappa shape index (κ3) is 7.31. The lowest BCUT2D eigenvalue weighted by molar-refractivity contribution is -0.123. The first-order chi connectivity index (χ1) is 13.8. The fourth-order valence-electron chi connectivity index (χ4n) is 3.32. The van der Waals surface area contributed by atoms with E-state index in [1.165, 1.54) is 11.6 Å². The number of nitrogens with zero attached hydrogens (tertiary/aromatic N) is 1. The summed E-state index contributed by atoms with van der Waals surface area (Å²) in [5, 5.41) is 3.05. The summed E-state index contributed by atoms with van der Waals surface area (Å²) in [5.74, 6) is 0.121. The summed E-state index contributed by atoms with van der Waals surface area (Å²) < 4.78 is 41.0. The van der Waals surface area contributed by atoms with Crippen LogP contribution in [0.4, 0.5) is 0 Å². The number of furan rings is 1. The van der Waals surface area contributed by atoms with Crippen LogP contribution in [0.2, 0.25) is 0 Å². The average Bonchev–Trinajstić information content (AvgIpc) is 3.07. The zero-order valence-corrected chi connectivity index (χ0v) is 18.6. The standard InChI is InChI=1S/C21H28N2O6S/c1-20(2,3)14-21(4,5)15-6-8-16(9-7-15)28-13-18(24)23-22-12-17-10-11-19(29-17)30(25,26)27/h6-12H,13-14H2,1-5H3,(H,23,24)(H,25,26,27)/b22-12+. The molecule has 2 aromatic rings. The van der Waals surface area contributed by atoms with Crippen LogP contribution < -0.4 is 10.2 Å². The third-order valence-electron chi connectivity index (χ3n) is 4.22. The molecule has 0 saturated carbocycles. The van der Waals surface area contributed by atoms with Crippen molar-refractivity contribution in [3.05, 3.63) is 47.7 Å². The minimum atomic E-state index is -4.42. The lowest BCUT2D eigenvalue weighted by atomic mass is 9.72. The van der Waals surface area contributed by atoms with Gasteiger partial charge in [0.1, 0.15) is 11.5 Å². The van der Waals surface area contributed by atoms with Crippen LogP contribution in [0.15, 0.2) is 51.0 Å². The summed E-state index contributed by atoms with van der Waals surface area (Å²) in [6, 6.07) is 10.0. The van der Waals surface area contributed by atoms with E-state index in [1.807, 2.05) is 24.3 Å². The number of nitrogens with one attached hydrogen (secondary N) is 1. The van der Waals surface area contributed by atoms with E-state index < -0.39 is 21.1 Å². The van der Waals surface area contributed by atoms with E-state index in [-0.39, 0.29) is 23.2 Å². The molecule has 9 heteroatoms. The Kier molecular flexibility index (Phi) is 7.10. The van der Waals surface area contributed by atoms with Gasteiger partial charge in [-0.15, -0.1) is 0 Å². The molecule has 2 rings (SSSR count). The van der Waals surface area contributed by atoms with Crippen LogP contribution in [0, 0.1) is 5.41 Å². The average molecular weight is 437 g/mol. The molecule has 0 saturated heterocycles. The van der Waals surface area contributed by atoms with Gasteiger partial charge in [-0.05, 0) is 47.1 Å². The molecule has 2 N–H and O–H groups in total. The third-order valence-corrected chi connectivity index (χ3v) is 4.94. The summed E-state index contributed by atoms with van der Waals surface area (Å²) in [5.41, 5.74) is 3.67. The second kappa shape index (κ2) is 9.01. The molecule has 1 amide bonds. The van der Waals surface area contributed by atoms with Crippen LogP contribution in [0.3, 0.4) is 0 Å². The molecule has 0 radical (unpaired) electrons. The zero-order chi connectivity index (χ0) is 22.6. The molecule has 0 unspecified atom stereocenters. The van der Waals surface area contributed by atoms with E-state index >= 15 is 0 Å². The Morgan fingerprint density at radius 1 is 1.13 bits per heavy atom. The first-order valence-corrected chi connectivity index (χ1v) is 10.8. The highest BCUT2D eigenvalue weighted by Crippen LogP contribution is 2.36. The van der Waals surface area contributed by atoms with E-state index in [0.29, 0.717) is 5.75 Å². The normalized spacial score (nSPS) is 12.9. The van der Waals surface area contributed by atoms with Gasteiger partial charge in [0.05, 0.1) is 6.21 Å². The Labute approximate surface area is 177 Å². The fraction of sp³-hybridized carbons (Fsp3) is 0.429. The van der Waals surface area contributed by atoms with E-state index in [1.54, 1.807) is 0 Å². The minimum Gasteiger partial charge on any atom is -0.484 e. The van der Waals surface area contributed by atoms with Crippen molar-refractivity contribution in [3.63, 3.8) is 0 Å². The predicted octanol–water partition coefficient (Wildman–Crippen LogP) is 3.77. The Bertz CT molecular complexity index is 999. The number of hydrogen-bond donors (Lipinski definition) is 2. The highest BCUT2D eigenvalue weighted by atomic mass is 32.2. The summed E-state index contributed by atoms with van der Waals surface area (Å²) in [4.78, 5) is 11.8. The number of ether oxygens (including phenoxy) is 1. The lowest BCUT2D eigenvalue weighted by Crippen LogP contribution is -2.25. The summed E-state index contributed by atoms with van der Waals surface area (Å²) in [7, 11) is -4.42. The predicted molar refractivity (Wildman–Crippen MR) is 113 cm³/mol. The number of amides is 1. The van der Waals surface area contributed by atoms with Gasteiger partial charge in [0.2, 0.25) is 5.09 Å². The van der Waals surface area contributed by atoms with E-state index in [0.717, 1.165) is 18.7 Å². The van der Waals surface area contributed by atoms with Gasteiger partial charge in [0.15, 0.2) is 6.61 Å². The topological polar surface area (TPSA) is 118 Å². The quantitative estimate of drug-likeness (QED) is 0.369. The van der Waals surface area contributed by atoms with Gasteiger partial charge in [-0.2, -0.15) is 13.5 Å². The highest BCUT2D eigenvalue weighted by molar-refractivity contribution is 7.85. The van der Waals surface area contributed by atoms with Crippen molar-refractivity contribution in [2.75, 3.05) is 6.61 Å². The molecule has 1 aromatic heterocycles. The molecule has 0 fully saturated rings. The molecule has 0 bridgehead atoms. The van der Waals surface area contributed by atoms with Crippen LogP contribution in [0.25, 0.3) is 0 Å². The summed E-state index contributed by atoms with van der Waals surface area (Å²) in [6.07, 6.45) is 2.14. The van der Waals surface area contributed by atoms with Crippen molar-refractivity contribution < 1.29 is 26.9 Å². The molecule has 1 heterocycles. The number of rotatable bonds is 8. The van der Waals surface area contributed by atoms with Gasteiger partial charge in [0, 0.05) is 0 Å². The molecule has 0 aliphatic heterocycles. The van der Waals surface area contributed by atoms with Gasteiger partial charge < -0.3 is 9.15 Å². The number of hydrazone groups is 1. The monoisotopic (exact) mass is 436 g/mol. The molecule has 8 nitrogen and oxygen atoms in total. The van der Waals surface area contributed by atoms with Gasteiger partial charge in [0.25, 0.3) is 5.91 Å². The second-order valence-electron chi connectivity index (χ2n) is 8.86. The largest absolute Gasteiger partial charge is 0.484 e. The van der Waals surface area contributed by atoms with Gasteiger partial charge in [-0.3, -0.25) is 9.35 Å². The van der Waals surface area contributed by atoms with Crippen molar-refractivity contribution in [1.82, 2.24) is 5.43 Å². The van der Waals surface area contributed by atoms with Gasteiger partial charge >= 0.3 is 10.1 Å². The number of hydrogen-bond acceptors (Lipinski definition) is 6. The molecular weight excluding hydrogens is 408 g/mol. The number of benzene rings is 1. The number of carbonyl (C=O) groups excluding carboxylic acids is 1. The first kappa shape index (κ1) is 23.6. The molecule has 0 spiro atoms. The van der Waals surface area contributed by atoms with Crippen molar-refractivity contribution in [2.24, 2.45) is 10.5 Å². The van der Waals surface area contributed by atoms with Crippen molar-refractivity contribution in [1.29, 1.82) is 0 Å². The Morgan fingerprint density at radius 3 is 2.30 bits per heavy atom. The SMILES string of the molecule is CC(C)(C)CC(C)(C)c1ccc(OCC(=O)N/N=C/c2ccc(S(=O)(=O)O)o2)cc1. The van der Waals surface area contributed by atoms with E-state index in [2.05, 4.69) is 45.1 Å². The van der Waals surface area contributed by atoms with Gasteiger partial charge in [-0.25, -0.2) is 5.43 Å². The molecule has 1 aromatic carbocycles. The first-order valence-electron chi connectivity index (χ1n) is 9.39. The highest BCUT2D eigenvalue weighted by Gasteiger charge is 2.27.